The second-order valence-corrected chi connectivity index (χ2v) is 5.89. The molecular weight excluding hydrogens is 284 g/mol. The summed E-state index contributed by atoms with van der Waals surface area (Å²) in [6.07, 6.45) is 1.06. The Morgan fingerprint density at radius 3 is 2.50 bits per heavy atom. The van der Waals surface area contributed by atoms with Crippen LogP contribution in [0.3, 0.4) is 0 Å². The predicted molar refractivity (Wildman–Crippen MR) is 81.4 cm³/mol. The van der Waals surface area contributed by atoms with Crippen LogP contribution in [0.1, 0.15) is 42.2 Å². The van der Waals surface area contributed by atoms with Crippen LogP contribution in [0.5, 0.6) is 0 Å². The molecular formula is C18H19F2NO. The van der Waals surface area contributed by atoms with Crippen molar-refractivity contribution in [2.75, 3.05) is 0 Å². The predicted octanol–water partition coefficient (Wildman–Crippen LogP) is 3.66. The van der Waals surface area contributed by atoms with E-state index in [1.54, 1.807) is 18.2 Å². The van der Waals surface area contributed by atoms with E-state index in [0.29, 0.717) is 5.56 Å². The number of aliphatic hydroxyl groups excluding tert-OH is 1. The normalized spacial score (nSPS) is 19.7. The first kappa shape index (κ1) is 15.1. The molecule has 0 heterocycles. The summed E-state index contributed by atoms with van der Waals surface area (Å²) in [6.45, 7) is 1.88. The van der Waals surface area contributed by atoms with Gasteiger partial charge in [0.1, 0.15) is 11.6 Å². The molecule has 2 aromatic carbocycles. The Bertz CT molecular complexity index is 657. The Balaban J connectivity index is 1.71. The lowest BCUT2D eigenvalue weighted by Crippen LogP contribution is -2.34. The highest BCUT2D eigenvalue weighted by molar-refractivity contribution is 5.35. The van der Waals surface area contributed by atoms with E-state index in [4.69, 9.17) is 0 Å². The molecule has 0 aliphatic heterocycles. The molecule has 2 nitrogen and oxygen atoms in total. The van der Waals surface area contributed by atoms with Crippen molar-refractivity contribution in [3.63, 3.8) is 0 Å². The van der Waals surface area contributed by atoms with Crippen molar-refractivity contribution in [1.29, 1.82) is 0 Å². The summed E-state index contributed by atoms with van der Waals surface area (Å²) in [5.74, 6) is -0.559. The van der Waals surface area contributed by atoms with Gasteiger partial charge < -0.3 is 10.4 Å². The van der Waals surface area contributed by atoms with Gasteiger partial charge >= 0.3 is 0 Å². The highest BCUT2D eigenvalue weighted by Gasteiger charge is 2.26. The fraction of sp³-hybridized carbons (Fsp3) is 0.333. The molecule has 0 spiro atoms. The van der Waals surface area contributed by atoms with Crippen molar-refractivity contribution in [1.82, 2.24) is 5.32 Å². The highest BCUT2D eigenvalue weighted by atomic mass is 19.1. The largest absolute Gasteiger partial charge is 0.387 e. The van der Waals surface area contributed by atoms with Crippen molar-refractivity contribution < 1.29 is 13.9 Å². The van der Waals surface area contributed by atoms with E-state index in [2.05, 4.69) is 5.32 Å². The molecule has 2 N–H and O–H groups in total. The van der Waals surface area contributed by atoms with Crippen LogP contribution in [0.15, 0.2) is 42.5 Å². The van der Waals surface area contributed by atoms with Crippen LogP contribution in [0.2, 0.25) is 0 Å². The molecule has 3 atom stereocenters. The van der Waals surface area contributed by atoms with Gasteiger partial charge in [-0.15, -0.1) is 0 Å². The first-order valence-electron chi connectivity index (χ1n) is 7.52. The average Bonchev–Trinajstić information content (AvgIpc) is 2.89. The SMILES string of the molecule is CC(NC1CCc2ccc(F)cc21)C(O)c1ccc(F)cc1. The quantitative estimate of drug-likeness (QED) is 0.903. The molecule has 1 aliphatic carbocycles. The molecule has 4 heteroatoms. The molecule has 0 amide bonds. The van der Waals surface area contributed by atoms with Crippen molar-refractivity contribution in [3.05, 3.63) is 70.8 Å². The molecule has 3 unspecified atom stereocenters. The third-order valence-electron chi connectivity index (χ3n) is 4.33. The lowest BCUT2D eigenvalue weighted by atomic mass is 10.0. The van der Waals surface area contributed by atoms with Gasteiger partial charge in [-0.3, -0.25) is 0 Å². The standard InChI is InChI=1S/C18H19F2NO/c1-11(18(22)13-3-6-14(19)7-4-13)21-17-9-5-12-2-8-15(20)10-16(12)17/h2-4,6-8,10-11,17-18,21-22H,5,9H2,1H3. The van der Waals surface area contributed by atoms with Crippen LogP contribution < -0.4 is 5.32 Å². The van der Waals surface area contributed by atoms with E-state index >= 15 is 0 Å². The number of aliphatic hydroxyl groups is 1. The summed E-state index contributed by atoms with van der Waals surface area (Å²) < 4.78 is 26.4. The molecule has 3 rings (SSSR count). The Morgan fingerprint density at radius 1 is 1.09 bits per heavy atom. The van der Waals surface area contributed by atoms with Gasteiger partial charge in [0.15, 0.2) is 0 Å². The van der Waals surface area contributed by atoms with Crippen LogP contribution in [-0.2, 0) is 6.42 Å². The second kappa shape index (κ2) is 6.15. The Morgan fingerprint density at radius 2 is 1.77 bits per heavy atom. The highest BCUT2D eigenvalue weighted by Crippen LogP contribution is 2.33. The number of aryl methyl sites for hydroxylation is 1. The van der Waals surface area contributed by atoms with Gasteiger partial charge in [-0.25, -0.2) is 8.78 Å². The summed E-state index contributed by atoms with van der Waals surface area (Å²) in [5, 5.41) is 13.7. The Kier molecular flexibility index (Phi) is 4.23. The van der Waals surface area contributed by atoms with Crippen LogP contribution in [0, 0.1) is 11.6 Å². The van der Waals surface area contributed by atoms with E-state index in [1.165, 1.54) is 18.2 Å². The van der Waals surface area contributed by atoms with Crippen LogP contribution in [0.25, 0.3) is 0 Å². The topological polar surface area (TPSA) is 32.3 Å². The molecule has 0 bridgehead atoms. The third-order valence-corrected chi connectivity index (χ3v) is 4.33. The minimum Gasteiger partial charge on any atom is -0.387 e. The van der Waals surface area contributed by atoms with Crippen molar-refractivity contribution in [2.45, 2.75) is 38.0 Å². The fourth-order valence-electron chi connectivity index (χ4n) is 3.10. The van der Waals surface area contributed by atoms with Crippen LogP contribution >= 0.6 is 0 Å². The zero-order valence-corrected chi connectivity index (χ0v) is 12.4. The van der Waals surface area contributed by atoms with Gasteiger partial charge in [0.25, 0.3) is 0 Å². The lowest BCUT2D eigenvalue weighted by Gasteiger charge is -2.25. The zero-order chi connectivity index (χ0) is 15.7. The number of fused-ring (bicyclic) bond motifs is 1. The molecule has 1 aliphatic rings. The summed E-state index contributed by atoms with van der Waals surface area (Å²) in [5.41, 5.74) is 2.79. The Hall–Kier alpha value is -1.78. The maximum atomic E-state index is 13.4. The monoisotopic (exact) mass is 303 g/mol. The summed E-state index contributed by atoms with van der Waals surface area (Å²) >= 11 is 0. The van der Waals surface area contributed by atoms with Crippen LogP contribution in [0.4, 0.5) is 8.78 Å². The van der Waals surface area contributed by atoms with E-state index in [0.717, 1.165) is 24.0 Å². The zero-order valence-electron chi connectivity index (χ0n) is 12.4. The number of rotatable bonds is 4. The van der Waals surface area contributed by atoms with Gasteiger partial charge in [-0.1, -0.05) is 18.2 Å². The molecule has 0 fully saturated rings. The maximum Gasteiger partial charge on any atom is 0.123 e. The van der Waals surface area contributed by atoms with Crippen molar-refractivity contribution >= 4 is 0 Å². The molecule has 116 valence electrons. The van der Waals surface area contributed by atoms with Gasteiger partial charge in [0.2, 0.25) is 0 Å². The van der Waals surface area contributed by atoms with E-state index in [-0.39, 0.29) is 23.7 Å². The number of halogens is 2. The van der Waals surface area contributed by atoms with E-state index in [9.17, 15) is 13.9 Å². The van der Waals surface area contributed by atoms with E-state index < -0.39 is 6.10 Å². The minimum atomic E-state index is -0.738. The number of benzene rings is 2. The number of nitrogens with one attached hydrogen (secondary N) is 1. The van der Waals surface area contributed by atoms with Gasteiger partial charge in [-0.05, 0) is 60.7 Å². The van der Waals surface area contributed by atoms with Gasteiger partial charge in [0.05, 0.1) is 6.10 Å². The molecule has 2 aromatic rings. The maximum absolute atomic E-state index is 13.4. The lowest BCUT2D eigenvalue weighted by molar-refractivity contribution is 0.129. The number of hydrogen-bond donors (Lipinski definition) is 2. The first-order chi connectivity index (χ1) is 10.5. The van der Waals surface area contributed by atoms with Gasteiger partial charge in [0, 0.05) is 12.1 Å². The summed E-state index contributed by atoms with van der Waals surface area (Å²) in [6, 6.07) is 10.5. The fourth-order valence-corrected chi connectivity index (χ4v) is 3.10. The van der Waals surface area contributed by atoms with E-state index in [1.807, 2.05) is 13.0 Å². The smallest absolute Gasteiger partial charge is 0.123 e. The molecule has 0 saturated carbocycles. The van der Waals surface area contributed by atoms with Crippen LogP contribution in [-0.4, -0.2) is 11.1 Å². The average molecular weight is 303 g/mol. The molecule has 0 radical (unpaired) electrons. The first-order valence-corrected chi connectivity index (χ1v) is 7.52. The summed E-state index contributed by atoms with van der Waals surface area (Å²) in [7, 11) is 0. The number of hydrogen-bond acceptors (Lipinski definition) is 2. The Labute approximate surface area is 128 Å². The molecule has 0 saturated heterocycles. The molecule has 22 heavy (non-hydrogen) atoms. The third kappa shape index (κ3) is 3.03. The van der Waals surface area contributed by atoms with Crippen molar-refractivity contribution in [2.24, 2.45) is 0 Å². The van der Waals surface area contributed by atoms with Gasteiger partial charge in [-0.2, -0.15) is 0 Å². The molecule has 0 aromatic heterocycles. The van der Waals surface area contributed by atoms with Crippen molar-refractivity contribution in [3.8, 4) is 0 Å². The minimum absolute atomic E-state index is 0.0378. The second-order valence-electron chi connectivity index (χ2n) is 5.89. The summed E-state index contributed by atoms with van der Waals surface area (Å²) in [4.78, 5) is 0.